The minimum absolute atomic E-state index is 0.440. The van der Waals surface area contributed by atoms with Crippen molar-refractivity contribution in [1.29, 1.82) is 0 Å². The lowest BCUT2D eigenvalue weighted by atomic mass is 9.87. The number of aromatic nitrogens is 2. The molecule has 18 heavy (non-hydrogen) atoms. The molecule has 1 N–H and O–H groups in total. The van der Waals surface area contributed by atoms with E-state index in [-0.39, 0.29) is 0 Å². The molecule has 4 nitrogen and oxygen atoms in total. The molecular weight excluding hydrogens is 226 g/mol. The summed E-state index contributed by atoms with van der Waals surface area (Å²) in [5, 5.41) is 3.51. The topological polar surface area (TPSA) is 39.1 Å². The Morgan fingerprint density at radius 3 is 3.00 bits per heavy atom. The third-order valence-corrected chi connectivity index (χ3v) is 4.18. The summed E-state index contributed by atoms with van der Waals surface area (Å²) < 4.78 is 7.86. The quantitative estimate of drug-likeness (QED) is 0.889. The largest absolute Gasteiger partial charge is 0.378 e. The Kier molecular flexibility index (Phi) is 3.96. The molecule has 1 atom stereocenters. The second kappa shape index (κ2) is 5.85. The van der Waals surface area contributed by atoms with Crippen LogP contribution in [0.1, 0.15) is 43.7 Å². The van der Waals surface area contributed by atoms with Gasteiger partial charge in [0.2, 0.25) is 0 Å². The molecule has 1 aliphatic carbocycles. The van der Waals surface area contributed by atoms with Crippen LogP contribution in [0.5, 0.6) is 0 Å². The number of imidazole rings is 1. The van der Waals surface area contributed by atoms with Crippen LogP contribution in [0, 0.1) is 0 Å². The van der Waals surface area contributed by atoms with Gasteiger partial charge >= 0.3 is 0 Å². The maximum atomic E-state index is 5.52. The standard InChI is InChI=1S/C14H23N3O/c1-2-4-12(5-3-1)14-8-15-11-17(14)9-13-10-18-7-6-16-13/h8,11-13,16H,1-7,9-10H2. The Labute approximate surface area is 109 Å². The van der Waals surface area contributed by atoms with Crippen molar-refractivity contribution in [2.45, 2.75) is 50.6 Å². The molecule has 0 amide bonds. The van der Waals surface area contributed by atoms with E-state index in [0.29, 0.717) is 6.04 Å². The summed E-state index contributed by atoms with van der Waals surface area (Å²) in [6.07, 6.45) is 10.9. The summed E-state index contributed by atoms with van der Waals surface area (Å²) in [6.45, 7) is 3.63. The molecule has 0 aromatic carbocycles. The molecule has 0 spiro atoms. The van der Waals surface area contributed by atoms with Crippen LogP contribution in [-0.2, 0) is 11.3 Å². The Morgan fingerprint density at radius 2 is 2.22 bits per heavy atom. The average molecular weight is 249 g/mol. The van der Waals surface area contributed by atoms with E-state index in [1.54, 1.807) is 0 Å². The van der Waals surface area contributed by atoms with Gasteiger partial charge in [-0.25, -0.2) is 4.98 Å². The number of ether oxygens (including phenoxy) is 1. The number of morpholine rings is 1. The van der Waals surface area contributed by atoms with Crippen molar-refractivity contribution in [1.82, 2.24) is 14.9 Å². The maximum Gasteiger partial charge on any atom is 0.0948 e. The number of rotatable bonds is 3. The van der Waals surface area contributed by atoms with E-state index in [9.17, 15) is 0 Å². The van der Waals surface area contributed by atoms with Crippen LogP contribution in [-0.4, -0.2) is 35.4 Å². The molecule has 100 valence electrons. The third-order valence-electron chi connectivity index (χ3n) is 4.18. The van der Waals surface area contributed by atoms with E-state index in [4.69, 9.17) is 4.74 Å². The van der Waals surface area contributed by atoms with Gasteiger partial charge in [-0.05, 0) is 12.8 Å². The predicted molar refractivity (Wildman–Crippen MR) is 70.7 cm³/mol. The Hall–Kier alpha value is -0.870. The zero-order chi connectivity index (χ0) is 12.2. The molecular formula is C14H23N3O. The van der Waals surface area contributed by atoms with E-state index >= 15 is 0 Å². The van der Waals surface area contributed by atoms with Crippen molar-refractivity contribution >= 4 is 0 Å². The SMILES string of the molecule is c1ncn(CC2COCCN2)c1C1CCCCC1. The van der Waals surface area contributed by atoms with Crippen LogP contribution in [0.15, 0.2) is 12.5 Å². The molecule has 2 heterocycles. The highest BCUT2D eigenvalue weighted by molar-refractivity contribution is 5.07. The van der Waals surface area contributed by atoms with Crippen LogP contribution < -0.4 is 5.32 Å². The zero-order valence-corrected chi connectivity index (χ0v) is 11.0. The van der Waals surface area contributed by atoms with Crippen molar-refractivity contribution in [3.05, 3.63) is 18.2 Å². The molecule has 4 heteroatoms. The minimum Gasteiger partial charge on any atom is -0.378 e. The van der Waals surface area contributed by atoms with Crippen molar-refractivity contribution in [2.24, 2.45) is 0 Å². The summed E-state index contributed by atoms with van der Waals surface area (Å²) in [5.74, 6) is 0.728. The summed E-state index contributed by atoms with van der Waals surface area (Å²) in [5.41, 5.74) is 1.43. The van der Waals surface area contributed by atoms with Gasteiger partial charge in [0.05, 0.1) is 19.5 Å². The molecule has 1 aromatic heterocycles. The van der Waals surface area contributed by atoms with Crippen LogP contribution in [0.3, 0.4) is 0 Å². The van der Waals surface area contributed by atoms with Crippen molar-refractivity contribution < 1.29 is 4.74 Å². The second-order valence-corrected chi connectivity index (χ2v) is 5.53. The lowest BCUT2D eigenvalue weighted by molar-refractivity contribution is 0.0710. The molecule has 2 aliphatic rings. The summed E-state index contributed by atoms with van der Waals surface area (Å²) >= 11 is 0. The van der Waals surface area contributed by atoms with E-state index < -0.39 is 0 Å². The average Bonchev–Trinajstić information content (AvgIpc) is 2.89. The Bertz CT molecular complexity index is 365. The van der Waals surface area contributed by atoms with Gasteiger partial charge in [0.1, 0.15) is 0 Å². The summed E-state index contributed by atoms with van der Waals surface area (Å²) in [7, 11) is 0. The normalized spacial score (nSPS) is 26.3. The number of hydrogen-bond donors (Lipinski definition) is 1. The highest BCUT2D eigenvalue weighted by atomic mass is 16.5. The lowest BCUT2D eigenvalue weighted by Crippen LogP contribution is -2.44. The van der Waals surface area contributed by atoms with Gasteiger partial charge < -0.3 is 14.6 Å². The van der Waals surface area contributed by atoms with Gasteiger partial charge in [-0.2, -0.15) is 0 Å². The molecule has 1 saturated heterocycles. The number of hydrogen-bond acceptors (Lipinski definition) is 3. The third kappa shape index (κ3) is 2.75. The first-order valence-electron chi connectivity index (χ1n) is 7.24. The fraction of sp³-hybridized carbons (Fsp3) is 0.786. The first-order chi connectivity index (χ1) is 8.93. The summed E-state index contributed by atoms with van der Waals surface area (Å²) in [4.78, 5) is 4.36. The Balaban J connectivity index is 1.66. The van der Waals surface area contributed by atoms with Gasteiger partial charge in [0.15, 0.2) is 0 Å². The van der Waals surface area contributed by atoms with Gasteiger partial charge in [-0.15, -0.1) is 0 Å². The van der Waals surface area contributed by atoms with Gasteiger partial charge in [-0.3, -0.25) is 0 Å². The van der Waals surface area contributed by atoms with Crippen molar-refractivity contribution in [3.63, 3.8) is 0 Å². The van der Waals surface area contributed by atoms with Crippen LogP contribution >= 0.6 is 0 Å². The van der Waals surface area contributed by atoms with E-state index in [2.05, 4.69) is 21.1 Å². The highest BCUT2D eigenvalue weighted by Crippen LogP contribution is 2.32. The summed E-state index contributed by atoms with van der Waals surface area (Å²) in [6, 6.07) is 0.440. The van der Waals surface area contributed by atoms with E-state index in [1.807, 2.05) is 6.33 Å². The van der Waals surface area contributed by atoms with Crippen molar-refractivity contribution in [2.75, 3.05) is 19.8 Å². The van der Waals surface area contributed by atoms with Crippen LogP contribution in [0.25, 0.3) is 0 Å². The molecule has 0 bridgehead atoms. The fourth-order valence-corrected chi connectivity index (χ4v) is 3.20. The van der Waals surface area contributed by atoms with Crippen LogP contribution in [0.2, 0.25) is 0 Å². The highest BCUT2D eigenvalue weighted by Gasteiger charge is 2.21. The number of nitrogens with one attached hydrogen (secondary N) is 1. The molecule has 1 aliphatic heterocycles. The molecule has 1 aromatic rings. The first kappa shape index (κ1) is 12.2. The smallest absolute Gasteiger partial charge is 0.0948 e. The molecule has 1 saturated carbocycles. The maximum absolute atomic E-state index is 5.52. The molecule has 3 rings (SSSR count). The van der Waals surface area contributed by atoms with Crippen LogP contribution in [0.4, 0.5) is 0 Å². The lowest BCUT2D eigenvalue weighted by Gasteiger charge is -2.27. The predicted octanol–water partition coefficient (Wildman–Crippen LogP) is 1.92. The minimum atomic E-state index is 0.440. The molecule has 1 unspecified atom stereocenters. The second-order valence-electron chi connectivity index (χ2n) is 5.53. The zero-order valence-electron chi connectivity index (χ0n) is 11.0. The first-order valence-corrected chi connectivity index (χ1v) is 7.24. The number of nitrogens with zero attached hydrogens (tertiary/aromatic N) is 2. The Morgan fingerprint density at radius 1 is 1.33 bits per heavy atom. The fourth-order valence-electron chi connectivity index (χ4n) is 3.20. The monoisotopic (exact) mass is 249 g/mol. The van der Waals surface area contributed by atoms with E-state index in [1.165, 1.54) is 37.8 Å². The van der Waals surface area contributed by atoms with Crippen molar-refractivity contribution in [3.8, 4) is 0 Å². The van der Waals surface area contributed by atoms with Gasteiger partial charge in [-0.1, -0.05) is 19.3 Å². The molecule has 2 fully saturated rings. The van der Waals surface area contributed by atoms with Gasteiger partial charge in [0, 0.05) is 36.9 Å². The van der Waals surface area contributed by atoms with Gasteiger partial charge in [0.25, 0.3) is 0 Å². The van der Waals surface area contributed by atoms with E-state index in [0.717, 1.165) is 32.2 Å². The molecule has 0 radical (unpaired) electrons.